The molecule has 0 aromatic carbocycles. The Balaban J connectivity index is 6.23. The molecule has 1 atom stereocenters. The van der Waals surface area contributed by atoms with Crippen molar-refractivity contribution in [2.24, 2.45) is 5.41 Å². The number of aliphatic carboxylic acids is 2. The highest BCUT2D eigenvalue weighted by Gasteiger charge is 2.63. The maximum atomic E-state index is 13.2. The quantitative estimate of drug-likeness (QED) is 0.231. The number of carbonyl (C=O) groups excluding carboxylic acids is 2. The van der Waals surface area contributed by atoms with Gasteiger partial charge in [0.2, 0.25) is 0 Å². The second-order valence-electron chi connectivity index (χ2n) is 7.04. The van der Waals surface area contributed by atoms with Gasteiger partial charge in [0.25, 0.3) is 0 Å². The molecule has 0 aromatic rings. The van der Waals surface area contributed by atoms with Crippen molar-refractivity contribution in [2.75, 3.05) is 13.7 Å². The smallest absolute Gasteiger partial charge is 0.481 e. The maximum Gasteiger partial charge on any atom is 0.516 e. The Morgan fingerprint density at radius 1 is 0.862 bits per heavy atom. The minimum Gasteiger partial charge on any atom is -0.481 e. The molecule has 0 saturated heterocycles. The first-order chi connectivity index (χ1) is 13.7. The summed E-state index contributed by atoms with van der Waals surface area (Å²) in [4.78, 5) is 48.9. The molecule has 168 valence electrons. The van der Waals surface area contributed by atoms with E-state index in [-0.39, 0.29) is 19.4 Å². The molecule has 0 aliphatic carbocycles. The van der Waals surface area contributed by atoms with E-state index >= 15 is 0 Å². The molecule has 0 amide bonds. The van der Waals surface area contributed by atoms with Crippen LogP contribution in [-0.2, 0) is 28.6 Å². The van der Waals surface area contributed by atoms with Crippen LogP contribution in [0.15, 0.2) is 0 Å². The lowest BCUT2D eigenvalue weighted by molar-refractivity contribution is -0.203. The topological polar surface area (TPSA) is 136 Å². The number of ether oxygens (including phenoxy) is 3. The van der Waals surface area contributed by atoms with Crippen molar-refractivity contribution >= 4 is 24.1 Å². The van der Waals surface area contributed by atoms with Gasteiger partial charge in [-0.25, -0.2) is 9.59 Å². The van der Waals surface area contributed by atoms with Crippen molar-refractivity contribution in [3.8, 4) is 0 Å². The van der Waals surface area contributed by atoms with Crippen molar-refractivity contribution in [3.05, 3.63) is 0 Å². The molecule has 0 bridgehead atoms. The normalized spacial score (nSPS) is 13.4. The minimum absolute atomic E-state index is 0.00199. The third-order valence-corrected chi connectivity index (χ3v) is 5.07. The van der Waals surface area contributed by atoms with E-state index in [1.165, 1.54) is 0 Å². The molecule has 0 aliphatic rings. The number of hydrogen-bond donors (Lipinski definition) is 2. The molecule has 0 aliphatic heterocycles. The van der Waals surface area contributed by atoms with Crippen LogP contribution in [0.25, 0.3) is 0 Å². The van der Waals surface area contributed by atoms with E-state index in [1.54, 1.807) is 0 Å². The summed E-state index contributed by atoms with van der Waals surface area (Å²) >= 11 is 0. The summed E-state index contributed by atoms with van der Waals surface area (Å²) in [7, 11) is 1.05. The van der Waals surface area contributed by atoms with Crippen LogP contribution in [0.2, 0.25) is 0 Å². The van der Waals surface area contributed by atoms with Gasteiger partial charge in [-0.3, -0.25) is 9.59 Å². The number of carbonyl (C=O) groups is 4. The van der Waals surface area contributed by atoms with Gasteiger partial charge < -0.3 is 24.4 Å². The standard InChI is InChI=1S/C20H34O9/c1-5-8-11-19(12-9-6-2,17(25)29-18(26)28-13-10-7-3)20(27-4,16(23)24)14-15(21)22/h5-14H2,1-4H3,(H,21,22)(H,23,24). The van der Waals surface area contributed by atoms with Gasteiger partial charge in [-0.05, 0) is 19.3 Å². The average molecular weight is 418 g/mol. The van der Waals surface area contributed by atoms with E-state index in [0.717, 1.165) is 13.5 Å². The highest BCUT2D eigenvalue weighted by molar-refractivity contribution is 5.95. The van der Waals surface area contributed by atoms with Crippen molar-refractivity contribution in [1.82, 2.24) is 0 Å². The highest BCUT2D eigenvalue weighted by atomic mass is 16.7. The first-order valence-electron chi connectivity index (χ1n) is 10.1. The maximum absolute atomic E-state index is 13.2. The van der Waals surface area contributed by atoms with Gasteiger partial charge in [0.1, 0.15) is 5.41 Å². The molecule has 0 saturated carbocycles. The van der Waals surface area contributed by atoms with Crippen molar-refractivity contribution in [1.29, 1.82) is 0 Å². The fraction of sp³-hybridized carbons (Fsp3) is 0.800. The van der Waals surface area contributed by atoms with Crippen LogP contribution in [0.5, 0.6) is 0 Å². The predicted molar refractivity (Wildman–Crippen MR) is 103 cm³/mol. The highest BCUT2D eigenvalue weighted by Crippen LogP contribution is 2.47. The number of hydrogen-bond acceptors (Lipinski definition) is 7. The van der Waals surface area contributed by atoms with E-state index in [4.69, 9.17) is 14.2 Å². The molecular weight excluding hydrogens is 384 g/mol. The monoisotopic (exact) mass is 418 g/mol. The number of carboxylic acids is 2. The van der Waals surface area contributed by atoms with Crippen molar-refractivity contribution in [2.45, 2.75) is 84.2 Å². The molecule has 1 unspecified atom stereocenters. The largest absolute Gasteiger partial charge is 0.516 e. The van der Waals surface area contributed by atoms with Gasteiger partial charge in [0.05, 0.1) is 13.0 Å². The zero-order valence-corrected chi connectivity index (χ0v) is 17.8. The van der Waals surface area contributed by atoms with Crippen LogP contribution >= 0.6 is 0 Å². The number of unbranched alkanes of at least 4 members (excludes halogenated alkanes) is 3. The molecule has 0 heterocycles. The Bertz CT molecular complexity index is 550. The van der Waals surface area contributed by atoms with Gasteiger partial charge in [-0.1, -0.05) is 52.9 Å². The zero-order valence-electron chi connectivity index (χ0n) is 17.8. The second kappa shape index (κ2) is 13.1. The lowest BCUT2D eigenvalue weighted by atomic mass is 9.64. The van der Waals surface area contributed by atoms with E-state index in [9.17, 15) is 29.4 Å². The summed E-state index contributed by atoms with van der Waals surface area (Å²) in [6.45, 7) is 5.65. The Morgan fingerprint density at radius 2 is 1.38 bits per heavy atom. The minimum atomic E-state index is -2.38. The molecule has 2 N–H and O–H groups in total. The SMILES string of the molecule is CCCCOC(=O)OC(=O)C(CCCC)(CCCC)C(CC(=O)O)(OC)C(=O)O. The zero-order chi connectivity index (χ0) is 22.5. The molecule has 9 heteroatoms. The van der Waals surface area contributed by atoms with Gasteiger partial charge in [0, 0.05) is 7.11 Å². The molecule has 9 nitrogen and oxygen atoms in total. The third-order valence-electron chi connectivity index (χ3n) is 5.07. The van der Waals surface area contributed by atoms with E-state index in [2.05, 4.69) is 0 Å². The van der Waals surface area contributed by atoms with Gasteiger partial charge in [-0.2, -0.15) is 0 Å². The van der Waals surface area contributed by atoms with Crippen molar-refractivity contribution < 1.29 is 43.6 Å². The summed E-state index contributed by atoms with van der Waals surface area (Å²) < 4.78 is 15.0. The fourth-order valence-electron chi connectivity index (χ4n) is 3.37. The van der Waals surface area contributed by atoms with Crippen molar-refractivity contribution in [3.63, 3.8) is 0 Å². The fourth-order valence-corrected chi connectivity index (χ4v) is 3.37. The van der Waals surface area contributed by atoms with E-state index in [0.29, 0.717) is 32.1 Å². The van der Waals surface area contributed by atoms with Crippen LogP contribution in [0.4, 0.5) is 4.79 Å². The molecule has 0 spiro atoms. The Labute approximate surface area is 171 Å². The molecule has 0 radical (unpaired) electrons. The summed E-state index contributed by atoms with van der Waals surface area (Å²) in [6, 6.07) is 0. The summed E-state index contributed by atoms with van der Waals surface area (Å²) in [5.74, 6) is -4.16. The van der Waals surface area contributed by atoms with E-state index in [1.807, 2.05) is 20.8 Å². The Kier molecular flexibility index (Phi) is 12.2. The van der Waals surface area contributed by atoms with Crippen LogP contribution in [0.1, 0.15) is 78.6 Å². The Hall–Kier alpha value is -2.16. The molecular formula is C20H34O9. The van der Waals surface area contributed by atoms with Crippen LogP contribution in [-0.4, -0.2) is 53.6 Å². The molecule has 0 aromatic heterocycles. The van der Waals surface area contributed by atoms with Gasteiger partial charge >= 0.3 is 24.1 Å². The lowest BCUT2D eigenvalue weighted by Gasteiger charge is -2.44. The number of rotatable bonds is 15. The third kappa shape index (κ3) is 6.99. The first-order valence-corrected chi connectivity index (χ1v) is 10.1. The molecule has 0 fully saturated rings. The Morgan fingerprint density at radius 3 is 1.76 bits per heavy atom. The summed E-state index contributed by atoms with van der Waals surface area (Å²) in [5, 5.41) is 19.3. The second-order valence-corrected chi connectivity index (χ2v) is 7.04. The van der Waals surface area contributed by atoms with Gasteiger partial charge in [-0.15, -0.1) is 0 Å². The van der Waals surface area contributed by atoms with E-state index < -0.39 is 41.5 Å². The van der Waals surface area contributed by atoms with Crippen LogP contribution in [0.3, 0.4) is 0 Å². The molecule has 29 heavy (non-hydrogen) atoms. The predicted octanol–water partition coefficient (Wildman–Crippen LogP) is 3.78. The number of carboxylic acid groups (broad SMARTS) is 2. The number of methoxy groups -OCH3 is 1. The average Bonchev–Trinajstić information content (AvgIpc) is 2.66. The number of esters is 1. The lowest BCUT2D eigenvalue weighted by Crippen LogP contribution is -2.61. The van der Waals surface area contributed by atoms with Crippen LogP contribution in [0, 0.1) is 5.41 Å². The summed E-state index contributed by atoms with van der Waals surface area (Å²) in [6.07, 6.45) is 1.24. The van der Waals surface area contributed by atoms with Gasteiger partial charge in [0.15, 0.2) is 5.60 Å². The summed E-state index contributed by atoms with van der Waals surface area (Å²) in [5.41, 5.74) is -4.24. The van der Waals surface area contributed by atoms with Crippen LogP contribution < -0.4 is 0 Å². The molecule has 0 rings (SSSR count). The first kappa shape index (κ1) is 26.8.